The molecule has 1 N–H and O–H groups in total. The van der Waals surface area contributed by atoms with Gasteiger partial charge in [0.1, 0.15) is 0 Å². The fourth-order valence-corrected chi connectivity index (χ4v) is 4.24. The molecule has 2 nitrogen and oxygen atoms in total. The molecule has 2 rings (SSSR count). The smallest absolute Gasteiger partial charge is 0.0695 e. The zero-order valence-corrected chi connectivity index (χ0v) is 10.7. The van der Waals surface area contributed by atoms with Crippen LogP contribution in [0.3, 0.4) is 0 Å². The Hall–Kier alpha value is 0.270. The second-order valence-electron chi connectivity index (χ2n) is 4.79. The highest BCUT2D eigenvalue weighted by Crippen LogP contribution is 2.41. The molecule has 0 aromatic carbocycles. The number of nitrogens with one attached hydrogen (secondary N) is 1. The summed E-state index contributed by atoms with van der Waals surface area (Å²) >= 11 is 2.14. The third-order valence-corrected chi connectivity index (χ3v) is 5.16. The van der Waals surface area contributed by atoms with E-state index in [2.05, 4.69) is 30.9 Å². The summed E-state index contributed by atoms with van der Waals surface area (Å²) < 4.78 is 5.82. The molecule has 3 heteroatoms. The third kappa shape index (κ3) is 2.69. The van der Waals surface area contributed by atoms with Crippen molar-refractivity contribution in [3.8, 4) is 0 Å². The summed E-state index contributed by atoms with van der Waals surface area (Å²) in [5.74, 6) is 1.29. The average Bonchev–Trinajstić information content (AvgIpc) is 2.62. The Labute approximate surface area is 97.5 Å². The van der Waals surface area contributed by atoms with Crippen molar-refractivity contribution in [2.24, 2.45) is 0 Å². The lowest BCUT2D eigenvalue weighted by atomic mass is 9.98. The molecule has 2 saturated heterocycles. The van der Waals surface area contributed by atoms with E-state index in [1.807, 2.05) is 0 Å². The van der Waals surface area contributed by atoms with Gasteiger partial charge in [-0.1, -0.05) is 20.3 Å². The van der Waals surface area contributed by atoms with Crippen LogP contribution >= 0.6 is 11.8 Å². The van der Waals surface area contributed by atoms with E-state index in [9.17, 15) is 0 Å². The normalized spacial score (nSPS) is 41.2. The molecule has 3 atom stereocenters. The summed E-state index contributed by atoms with van der Waals surface area (Å²) in [5.41, 5.74) is 0. The van der Waals surface area contributed by atoms with Crippen LogP contribution in [0.1, 0.15) is 46.0 Å². The number of hydrogen-bond acceptors (Lipinski definition) is 3. The Balaban J connectivity index is 1.91. The number of hydrogen-bond donors (Lipinski definition) is 1. The van der Waals surface area contributed by atoms with Gasteiger partial charge in [-0.25, -0.2) is 0 Å². The second-order valence-corrected chi connectivity index (χ2v) is 6.19. The van der Waals surface area contributed by atoms with Crippen molar-refractivity contribution in [3.63, 3.8) is 0 Å². The molecule has 0 radical (unpaired) electrons. The first kappa shape index (κ1) is 11.7. The summed E-state index contributed by atoms with van der Waals surface area (Å²) in [6.07, 6.45) is 6.62. The van der Waals surface area contributed by atoms with Crippen molar-refractivity contribution in [1.82, 2.24) is 5.32 Å². The van der Waals surface area contributed by atoms with Crippen molar-refractivity contribution >= 4 is 11.8 Å². The van der Waals surface area contributed by atoms with E-state index in [0.29, 0.717) is 11.0 Å². The topological polar surface area (TPSA) is 21.3 Å². The van der Waals surface area contributed by atoms with Gasteiger partial charge in [0, 0.05) is 24.8 Å². The molecule has 0 bridgehead atoms. The maximum atomic E-state index is 5.82. The Bertz CT molecular complexity index is 210. The fraction of sp³-hybridized carbons (Fsp3) is 1.00. The lowest BCUT2D eigenvalue weighted by molar-refractivity contribution is -0.0104. The summed E-state index contributed by atoms with van der Waals surface area (Å²) in [4.78, 5) is 0.360. The van der Waals surface area contributed by atoms with Gasteiger partial charge in [-0.05, 0) is 19.3 Å². The molecule has 2 aliphatic rings. The Morgan fingerprint density at radius 3 is 3.00 bits per heavy atom. The average molecular weight is 229 g/mol. The van der Waals surface area contributed by atoms with Crippen LogP contribution in [-0.4, -0.2) is 29.4 Å². The van der Waals surface area contributed by atoms with Gasteiger partial charge < -0.3 is 4.74 Å². The highest BCUT2D eigenvalue weighted by atomic mass is 32.2. The molecule has 15 heavy (non-hydrogen) atoms. The first-order valence-corrected chi connectivity index (χ1v) is 7.30. The van der Waals surface area contributed by atoms with Gasteiger partial charge in [-0.3, -0.25) is 5.32 Å². The highest BCUT2D eigenvalue weighted by molar-refractivity contribution is 8.00. The van der Waals surface area contributed by atoms with Gasteiger partial charge in [-0.15, -0.1) is 11.8 Å². The van der Waals surface area contributed by atoms with Gasteiger partial charge in [0.15, 0.2) is 0 Å². The first-order chi connectivity index (χ1) is 7.28. The zero-order valence-electron chi connectivity index (χ0n) is 9.92. The van der Waals surface area contributed by atoms with Crippen LogP contribution in [0.25, 0.3) is 0 Å². The predicted octanol–water partition coefficient (Wildman–Crippen LogP) is 2.78. The molecule has 0 aromatic heterocycles. The molecule has 0 aromatic rings. The Morgan fingerprint density at radius 2 is 2.33 bits per heavy atom. The Morgan fingerprint density at radius 1 is 1.47 bits per heavy atom. The fourth-order valence-electron chi connectivity index (χ4n) is 2.62. The Kier molecular flexibility index (Phi) is 3.97. The van der Waals surface area contributed by atoms with Crippen molar-refractivity contribution in [2.45, 2.75) is 63.0 Å². The number of ether oxygens (including phenoxy) is 1. The first-order valence-electron chi connectivity index (χ1n) is 6.31. The minimum absolute atomic E-state index is 0.360. The molecule has 2 fully saturated rings. The van der Waals surface area contributed by atoms with Gasteiger partial charge in [0.05, 0.1) is 11.0 Å². The van der Waals surface area contributed by atoms with E-state index in [1.165, 1.54) is 37.9 Å². The molecule has 0 amide bonds. The van der Waals surface area contributed by atoms with E-state index in [0.717, 1.165) is 12.6 Å². The number of rotatable bonds is 3. The monoisotopic (exact) mass is 229 g/mol. The van der Waals surface area contributed by atoms with Crippen molar-refractivity contribution < 1.29 is 4.74 Å². The molecule has 2 aliphatic heterocycles. The van der Waals surface area contributed by atoms with Crippen LogP contribution in [0.15, 0.2) is 0 Å². The molecule has 2 heterocycles. The maximum absolute atomic E-state index is 5.82. The van der Waals surface area contributed by atoms with E-state index < -0.39 is 0 Å². The number of thioether (sulfide) groups is 1. The standard InChI is InChI=1S/C12H23NOS/c1-3-5-11-8-12(6-7-14-11)13-10(4-2)9-15-12/h10-11,13H,3-9H2,1-2H3. The van der Waals surface area contributed by atoms with Crippen LogP contribution in [0.5, 0.6) is 0 Å². The second kappa shape index (κ2) is 5.07. The van der Waals surface area contributed by atoms with Crippen molar-refractivity contribution in [3.05, 3.63) is 0 Å². The molecular weight excluding hydrogens is 206 g/mol. The van der Waals surface area contributed by atoms with E-state index in [-0.39, 0.29) is 0 Å². The zero-order chi connectivity index (χ0) is 10.7. The lowest BCUT2D eigenvalue weighted by Gasteiger charge is -2.38. The lowest BCUT2D eigenvalue weighted by Crippen LogP contribution is -2.48. The largest absolute Gasteiger partial charge is 0.378 e. The third-order valence-electron chi connectivity index (χ3n) is 3.55. The van der Waals surface area contributed by atoms with Crippen molar-refractivity contribution in [1.29, 1.82) is 0 Å². The van der Waals surface area contributed by atoms with Crippen LogP contribution in [0.2, 0.25) is 0 Å². The van der Waals surface area contributed by atoms with Crippen LogP contribution in [0, 0.1) is 0 Å². The highest BCUT2D eigenvalue weighted by Gasteiger charge is 2.42. The van der Waals surface area contributed by atoms with Crippen LogP contribution in [-0.2, 0) is 4.74 Å². The summed E-state index contributed by atoms with van der Waals surface area (Å²) in [5, 5.41) is 3.83. The minimum Gasteiger partial charge on any atom is -0.378 e. The molecule has 1 spiro atoms. The van der Waals surface area contributed by atoms with Gasteiger partial charge in [0.25, 0.3) is 0 Å². The van der Waals surface area contributed by atoms with Crippen LogP contribution in [0.4, 0.5) is 0 Å². The van der Waals surface area contributed by atoms with E-state index >= 15 is 0 Å². The molecule has 88 valence electrons. The van der Waals surface area contributed by atoms with Gasteiger partial charge in [0.2, 0.25) is 0 Å². The maximum Gasteiger partial charge on any atom is 0.0695 e. The van der Waals surface area contributed by atoms with Gasteiger partial charge in [-0.2, -0.15) is 0 Å². The predicted molar refractivity (Wildman–Crippen MR) is 66.3 cm³/mol. The van der Waals surface area contributed by atoms with Gasteiger partial charge >= 0.3 is 0 Å². The van der Waals surface area contributed by atoms with E-state index in [1.54, 1.807) is 0 Å². The van der Waals surface area contributed by atoms with E-state index in [4.69, 9.17) is 4.74 Å². The molecule has 0 aliphatic carbocycles. The molecular formula is C12H23NOS. The SMILES string of the molecule is CCCC1CC2(CCO1)NC(CC)CS2. The van der Waals surface area contributed by atoms with Crippen molar-refractivity contribution in [2.75, 3.05) is 12.4 Å². The molecule has 0 saturated carbocycles. The summed E-state index contributed by atoms with van der Waals surface area (Å²) in [6, 6.07) is 0.732. The molecule has 3 unspecified atom stereocenters. The minimum atomic E-state index is 0.360. The summed E-state index contributed by atoms with van der Waals surface area (Å²) in [7, 11) is 0. The quantitative estimate of drug-likeness (QED) is 0.804. The summed E-state index contributed by atoms with van der Waals surface area (Å²) in [6.45, 7) is 5.47. The van der Waals surface area contributed by atoms with Crippen LogP contribution < -0.4 is 5.32 Å².